The van der Waals surface area contributed by atoms with Gasteiger partial charge in [0.25, 0.3) is 12.3 Å². The summed E-state index contributed by atoms with van der Waals surface area (Å²) in [6, 6.07) is 17.4. The number of nitrogens with one attached hydrogen (secondary N) is 1. The maximum Gasteiger partial charge on any atom is 0.295 e. The number of benzene rings is 2. The van der Waals surface area contributed by atoms with Crippen molar-refractivity contribution in [3.8, 4) is 0 Å². The zero-order valence-corrected chi connectivity index (χ0v) is 14.1. The Bertz CT molecular complexity index is 1060. The molecule has 0 spiro atoms. The number of rotatable bonds is 5. The summed E-state index contributed by atoms with van der Waals surface area (Å²) in [7, 11) is 0. The van der Waals surface area contributed by atoms with Gasteiger partial charge in [0.1, 0.15) is 5.76 Å². The normalized spacial score (nSPS) is 11.2. The number of aromatic amines is 1. The minimum Gasteiger partial charge on any atom is -0.467 e. The standard InChI is InChI=1S/C20H15F2N3O2/c21-18(22)19-23-16-9-8-13(11-17(16)24-19)20(26)25(12-15-7-4-10-27-15)14-5-2-1-3-6-14/h1-11,18H,12H2,(H,23,24). The molecule has 0 radical (unpaired) electrons. The first kappa shape index (κ1) is 17.0. The van der Waals surface area contributed by atoms with Crippen molar-refractivity contribution in [3.63, 3.8) is 0 Å². The van der Waals surface area contributed by atoms with Crippen molar-refractivity contribution in [1.82, 2.24) is 9.97 Å². The summed E-state index contributed by atoms with van der Waals surface area (Å²) in [5.41, 5.74) is 1.85. The quantitative estimate of drug-likeness (QED) is 0.543. The summed E-state index contributed by atoms with van der Waals surface area (Å²) in [6.07, 6.45) is -1.15. The summed E-state index contributed by atoms with van der Waals surface area (Å²) >= 11 is 0. The molecule has 0 aliphatic rings. The van der Waals surface area contributed by atoms with Gasteiger partial charge in [-0.15, -0.1) is 0 Å². The molecule has 0 aliphatic heterocycles. The van der Waals surface area contributed by atoms with Gasteiger partial charge in [-0.3, -0.25) is 4.79 Å². The lowest BCUT2D eigenvalue weighted by Crippen LogP contribution is -2.30. The maximum atomic E-state index is 13.2. The molecule has 5 nitrogen and oxygen atoms in total. The fourth-order valence-electron chi connectivity index (χ4n) is 2.87. The van der Waals surface area contributed by atoms with Crippen LogP contribution < -0.4 is 4.90 Å². The number of nitrogens with zero attached hydrogens (tertiary/aromatic N) is 2. The number of H-pyrrole nitrogens is 1. The second kappa shape index (κ2) is 7.03. The highest BCUT2D eigenvalue weighted by Gasteiger charge is 2.20. The number of carbonyl (C=O) groups excluding carboxylic acids is 1. The van der Waals surface area contributed by atoms with Crippen LogP contribution in [0.5, 0.6) is 0 Å². The minimum atomic E-state index is -2.70. The average molecular weight is 367 g/mol. The predicted octanol–water partition coefficient (Wildman–Crippen LogP) is 4.94. The molecule has 2 heterocycles. The number of halogens is 2. The first-order valence-electron chi connectivity index (χ1n) is 8.29. The van der Waals surface area contributed by atoms with Crippen LogP contribution in [0.25, 0.3) is 11.0 Å². The zero-order chi connectivity index (χ0) is 18.8. The van der Waals surface area contributed by atoms with E-state index in [1.807, 2.05) is 30.3 Å². The first-order chi connectivity index (χ1) is 13.1. The van der Waals surface area contributed by atoms with E-state index in [-0.39, 0.29) is 12.5 Å². The largest absolute Gasteiger partial charge is 0.467 e. The monoisotopic (exact) mass is 367 g/mol. The second-order valence-corrected chi connectivity index (χ2v) is 5.96. The van der Waals surface area contributed by atoms with Crippen LogP contribution in [0.2, 0.25) is 0 Å². The minimum absolute atomic E-state index is 0.249. The van der Waals surface area contributed by atoms with E-state index < -0.39 is 12.2 Å². The molecule has 27 heavy (non-hydrogen) atoms. The molecule has 7 heteroatoms. The molecule has 2 aromatic carbocycles. The fraction of sp³-hybridized carbons (Fsp3) is 0.100. The van der Waals surface area contributed by atoms with Crippen molar-refractivity contribution in [2.75, 3.05) is 4.90 Å². The van der Waals surface area contributed by atoms with Gasteiger partial charge in [0.15, 0.2) is 5.82 Å². The van der Waals surface area contributed by atoms with Gasteiger partial charge in [-0.25, -0.2) is 13.8 Å². The summed E-state index contributed by atoms with van der Waals surface area (Å²) in [6.45, 7) is 0.249. The lowest BCUT2D eigenvalue weighted by molar-refractivity contribution is 0.0983. The summed E-state index contributed by atoms with van der Waals surface area (Å²) in [5.74, 6) is -0.0485. The predicted molar refractivity (Wildman–Crippen MR) is 96.7 cm³/mol. The van der Waals surface area contributed by atoms with E-state index in [2.05, 4.69) is 9.97 Å². The van der Waals surface area contributed by atoms with Crippen LogP contribution in [0.4, 0.5) is 14.5 Å². The summed E-state index contributed by atoms with van der Waals surface area (Å²) < 4.78 is 31.1. The number of alkyl halides is 2. The van der Waals surface area contributed by atoms with Crippen molar-refractivity contribution in [2.24, 2.45) is 0 Å². The zero-order valence-electron chi connectivity index (χ0n) is 14.1. The van der Waals surface area contributed by atoms with Gasteiger partial charge in [0.05, 0.1) is 23.8 Å². The Kier molecular flexibility index (Phi) is 4.42. The Morgan fingerprint density at radius 2 is 1.93 bits per heavy atom. The number of fused-ring (bicyclic) bond motifs is 1. The molecule has 1 amide bonds. The van der Waals surface area contributed by atoms with Gasteiger partial charge in [0, 0.05) is 11.3 Å². The molecule has 0 bridgehead atoms. The van der Waals surface area contributed by atoms with Crippen LogP contribution in [0.1, 0.15) is 28.4 Å². The van der Waals surface area contributed by atoms with E-state index >= 15 is 0 Å². The van der Waals surface area contributed by atoms with Gasteiger partial charge in [-0.05, 0) is 42.5 Å². The third-order valence-electron chi connectivity index (χ3n) is 4.16. The first-order valence-corrected chi connectivity index (χ1v) is 8.29. The number of carbonyl (C=O) groups is 1. The third kappa shape index (κ3) is 3.44. The van der Waals surface area contributed by atoms with Gasteiger partial charge in [-0.2, -0.15) is 0 Å². The molecule has 0 unspecified atom stereocenters. The Morgan fingerprint density at radius 3 is 2.63 bits per heavy atom. The van der Waals surface area contributed by atoms with Crippen LogP contribution in [0, 0.1) is 0 Å². The summed E-state index contributed by atoms with van der Waals surface area (Å²) in [5, 5.41) is 0. The van der Waals surface area contributed by atoms with E-state index in [0.717, 1.165) is 0 Å². The average Bonchev–Trinajstić information content (AvgIpc) is 3.35. The number of para-hydroxylation sites is 1. The molecule has 1 N–H and O–H groups in total. The molecule has 0 saturated carbocycles. The van der Waals surface area contributed by atoms with Crippen LogP contribution in [-0.2, 0) is 6.54 Å². The van der Waals surface area contributed by atoms with E-state index in [0.29, 0.717) is 28.0 Å². The number of hydrogen-bond acceptors (Lipinski definition) is 3. The van der Waals surface area contributed by atoms with Gasteiger partial charge >= 0.3 is 0 Å². The highest BCUT2D eigenvalue weighted by Crippen LogP contribution is 2.24. The fourth-order valence-corrected chi connectivity index (χ4v) is 2.87. The Morgan fingerprint density at radius 1 is 1.11 bits per heavy atom. The molecule has 4 rings (SSSR count). The molecule has 0 aliphatic carbocycles. The number of aromatic nitrogens is 2. The number of anilines is 1. The highest BCUT2D eigenvalue weighted by atomic mass is 19.3. The smallest absolute Gasteiger partial charge is 0.295 e. The number of furan rings is 1. The van der Waals surface area contributed by atoms with Crippen molar-refractivity contribution in [2.45, 2.75) is 13.0 Å². The second-order valence-electron chi connectivity index (χ2n) is 5.96. The number of imidazole rings is 1. The van der Waals surface area contributed by atoms with Crippen molar-refractivity contribution in [1.29, 1.82) is 0 Å². The summed E-state index contributed by atoms with van der Waals surface area (Å²) in [4.78, 5) is 21.1. The molecule has 2 aromatic heterocycles. The Hall–Kier alpha value is -3.48. The third-order valence-corrected chi connectivity index (χ3v) is 4.16. The molecular formula is C20H15F2N3O2. The van der Waals surface area contributed by atoms with Gasteiger partial charge < -0.3 is 14.3 Å². The van der Waals surface area contributed by atoms with Crippen molar-refractivity contribution in [3.05, 3.63) is 84.1 Å². The van der Waals surface area contributed by atoms with Crippen LogP contribution >= 0.6 is 0 Å². The Balaban J connectivity index is 1.71. The molecular weight excluding hydrogens is 352 g/mol. The van der Waals surface area contributed by atoms with Gasteiger partial charge in [0.2, 0.25) is 0 Å². The van der Waals surface area contributed by atoms with Crippen LogP contribution in [0.3, 0.4) is 0 Å². The lowest BCUT2D eigenvalue weighted by atomic mass is 10.1. The molecule has 136 valence electrons. The van der Waals surface area contributed by atoms with E-state index in [9.17, 15) is 13.6 Å². The number of amides is 1. The molecule has 0 saturated heterocycles. The van der Waals surface area contributed by atoms with Crippen LogP contribution in [-0.4, -0.2) is 15.9 Å². The topological polar surface area (TPSA) is 62.1 Å². The van der Waals surface area contributed by atoms with Crippen molar-refractivity contribution >= 4 is 22.6 Å². The van der Waals surface area contributed by atoms with E-state index in [1.54, 1.807) is 35.4 Å². The molecule has 0 atom stereocenters. The van der Waals surface area contributed by atoms with E-state index in [4.69, 9.17) is 4.42 Å². The van der Waals surface area contributed by atoms with Crippen molar-refractivity contribution < 1.29 is 18.0 Å². The Labute approximate surface area is 153 Å². The SMILES string of the molecule is O=C(c1ccc2nc(C(F)F)[nH]c2c1)N(Cc1ccco1)c1ccccc1. The highest BCUT2D eigenvalue weighted by molar-refractivity contribution is 6.07. The lowest BCUT2D eigenvalue weighted by Gasteiger charge is -2.22. The number of hydrogen-bond donors (Lipinski definition) is 1. The molecule has 0 fully saturated rings. The maximum absolute atomic E-state index is 13.2. The van der Waals surface area contributed by atoms with Crippen LogP contribution in [0.15, 0.2) is 71.3 Å². The molecule has 4 aromatic rings. The van der Waals surface area contributed by atoms with E-state index in [1.165, 1.54) is 6.07 Å². The van der Waals surface area contributed by atoms with Gasteiger partial charge in [-0.1, -0.05) is 18.2 Å².